The molecule has 0 saturated carbocycles. The molecule has 1 heterocycles. The first-order chi connectivity index (χ1) is 7.20. The number of nitrogen functional groups attached to an aromatic ring is 1. The van der Waals surface area contributed by atoms with Crippen LogP contribution in [-0.2, 0) is 0 Å². The van der Waals surface area contributed by atoms with Crippen molar-refractivity contribution in [1.29, 1.82) is 0 Å². The highest BCUT2D eigenvalue weighted by atomic mass is 79.9. The van der Waals surface area contributed by atoms with Gasteiger partial charge in [-0.05, 0) is 31.9 Å². The van der Waals surface area contributed by atoms with E-state index in [-0.39, 0.29) is 0 Å². The number of anilines is 1. The molecule has 0 unspecified atom stereocenters. The second kappa shape index (κ2) is 4.33. The summed E-state index contributed by atoms with van der Waals surface area (Å²) in [6.45, 7) is 0. The van der Waals surface area contributed by atoms with Gasteiger partial charge in [-0.15, -0.1) is 0 Å². The van der Waals surface area contributed by atoms with Gasteiger partial charge in [0, 0.05) is 11.8 Å². The molecule has 0 amide bonds. The average molecular weight is 328 g/mol. The van der Waals surface area contributed by atoms with Crippen LogP contribution in [0.5, 0.6) is 0 Å². The van der Waals surface area contributed by atoms with E-state index >= 15 is 0 Å². The van der Waals surface area contributed by atoms with Gasteiger partial charge in [-0.1, -0.05) is 30.3 Å². The Morgan fingerprint density at radius 3 is 2.40 bits per heavy atom. The molecule has 2 aromatic rings. The third kappa shape index (κ3) is 2.06. The van der Waals surface area contributed by atoms with Gasteiger partial charge in [0.1, 0.15) is 0 Å². The van der Waals surface area contributed by atoms with Crippen LogP contribution < -0.4 is 5.73 Å². The summed E-state index contributed by atoms with van der Waals surface area (Å²) in [5, 5.41) is 0. The molecule has 0 fully saturated rings. The Morgan fingerprint density at radius 2 is 1.73 bits per heavy atom. The van der Waals surface area contributed by atoms with Crippen molar-refractivity contribution in [2.45, 2.75) is 0 Å². The van der Waals surface area contributed by atoms with Gasteiger partial charge in [-0.2, -0.15) is 0 Å². The summed E-state index contributed by atoms with van der Waals surface area (Å²) < 4.78 is 1.62. The molecule has 4 heteroatoms. The average Bonchev–Trinajstić information content (AvgIpc) is 2.27. The van der Waals surface area contributed by atoms with Gasteiger partial charge in [0.2, 0.25) is 0 Å². The van der Waals surface area contributed by atoms with Crippen molar-refractivity contribution >= 4 is 37.5 Å². The van der Waals surface area contributed by atoms with E-state index in [9.17, 15) is 0 Å². The van der Waals surface area contributed by atoms with E-state index in [1.54, 1.807) is 6.20 Å². The molecule has 0 aliphatic heterocycles. The minimum absolute atomic E-state index is 0.670. The summed E-state index contributed by atoms with van der Waals surface area (Å²) in [5.41, 5.74) is 8.46. The van der Waals surface area contributed by atoms with Gasteiger partial charge in [0.05, 0.1) is 20.3 Å². The number of rotatable bonds is 1. The van der Waals surface area contributed by atoms with E-state index in [0.29, 0.717) is 5.69 Å². The van der Waals surface area contributed by atoms with E-state index in [4.69, 9.17) is 5.73 Å². The van der Waals surface area contributed by atoms with Crippen molar-refractivity contribution in [2.75, 3.05) is 5.73 Å². The second-order valence-electron chi connectivity index (χ2n) is 3.05. The van der Waals surface area contributed by atoms with Crippen molar-refractivity contribution < 1.29 is 0 Å². The van der Waals surface area contributed by atoms with Gasteiger partial charge in [-0.3, -0.25) is 4.98 Å². The lowest BCUT2D eigenvalue weighted by molar-refractivity contribution is 1.29. The Hall–Kier alpha value is -0.870. The number of aromatic nitrogens is 1. The molecule has 0 aliphatic rings. The SMILES string of the molecule is Nc1c(Br)cnc(-c2ccccc2)c1Br. The van der Waals surface area contributed by atoms with Crippen molar-refractivity contribution in [3.8, 4) is 11.3 Å². The minimum atomic E-state index is 0.670. The minimum Gasteiger partial charge on any atom is -0.397 e. The van der Waals surface area contributed by atoms with Gasteiger partial charge in [-0.25, -0.2) is 0 Å². The number of halogens is 2. The Balaban J connectivity index is 2.60. The summed E-state index contributed by atoms with van der Waals surface area (Å²) >= 11 is 6.79. The number of pyridine rings is 1. The zero-order chi connectivity index (χ0) is 10.8. The summed E-state index contributed by atoms with van der Waals surface area (Å²) in [6.07, 6.45) is 1.71. The maximum Gasteiger partial charge on any atom is 0.0865 e. The monoisotopic (exact) mass is 326 g/mol. The summed E-state index contributed by atoms with van der Waals surface area (Å²) in [6, 6.07) is 9.92. The maximum absolute atomic E-state index is 5.89. The quantitative estimate of drug-likeness (QED) is 0.863. The van der Waals surface area contributed by atoms with E-state index in [2.05, 4.69) is 36.8 Å². The molecule has 1 aromatic carbocycles. The molecular formula is C11H8Br2N2. The van der Waals surface area contributed by atoms with Crippen LogP contribution in [0.1, 0.15) is 0 Å². The number of hydrogen-bond donors (Lipinski definition) is 1. The molecule has 1 aromatic heterocycles. The molecule has 0 bridgehead atoms. The van der Waals surface area contributed by atoms with Gasteiger partial charge in [0.25, 0.3) is 0 Å². The topological polar surface area (TPSA) is 38.9 Å². The van der Waals surface area contributed by atoms with Crippen molar-refractivity contribution in [1.82, 2.24) is 4.98 Å². The zero-order valence-corrected chi connectivity index (χ0v) is 10.9. The van der Waals surface area contributed by atoms with Crippen LogP contribution in [0.15, 0.2) is 45.5 Å². The normalized spacial score (nSPS) is 10.3. The van der Waals surface area contributed by atoms with Gasteiger partial charge < -0.3 is 5.73 Å². The highest BCUT2D eigenvalue weighted by Gasteiger charge is 2.09. The first-order valence-electron chi connectivity index (χ1n) is 4.35. The smallest absolute Gasteiger partial charge is 0.0865 e. The number of benzene rings is 1. The van der Waals surface area contributed by atoms with Crippen LogP contribution in [0, 0.1) is 0 Å². The standard InChI is InChI=1S/C11H8Br2N2/c12-8-6-15-11(9(13)10(8)14)7-4-2-1-3-5-7/h1-6H,(H2,14,15). The van der Waals surface area contributed by atoms with E-state index in [0.717, 1.165) is 20.2 Å². The Kier molecular flexibility index (Phi) is 3.07. The lowest BCUT2D eigenvalue weighted by atomic mass is 10.1. The fraction of sp³-hybridized carbons (Fsp3) is 0. The van der Waals surface area contributed by atoms with E-state index in [1.807, 2.05) is 30.3 Å². The van der Waals surface area contributed by atoms with E-state index < -0.39 is 0 Å². The van der Waals surface area contributed by atoms with Crippen molar-refractivity contribution in [2.24, 2.45) is 0 Å². The van der Waals surface area contributed by atoms with Gasteiger partial charge in [0.15, 0.2) is 0 Å². The summed E-state index contributed by atoms with van der Waals surface area (Å²) in [4.78, 5) is 4.34. The fourth-order valence-electron chi connectivity index (χ4n) is 1.28. The van der Waals surface area contributed by atoms with Gasteiger partial charge >= 0.3 is 0 Å². The largest absolute Gasteiger partial charge is 0.397 e. The van der Waals surface area contributed by atoms with Crippen LogP contribution in [0.3, 0.4) is 0 Å². The van der Waals surface area contributed by atoms with Crippen LogP contribution in [0.4, 0.5) is 5.69 Å². The molecule has 0 spiro atoms. The Bertz CT molecular complexity index is 483. The zero-order valence-electron chi connectivity index (χ0n) is 7.74. The first kappa shape index (κ1) is 10.6. The summed E-state index contributed by atoms with van der Waals surface area (Å²) in [5.74, 6) is 0. The maximum atomic E-state index is 5.89. The first-order valence-corrected chi connectivity index (χ1v) is 5.93. The second-order valence-corrected chi connectivity index (χ2v) is 4.70. The predicted molar refractivity (Wildman–Crippen MR) is 69.5 cm³/mol. The Morgan fingerprint density at radius 1 is 1.07 bits per heavy atom. The third-order valence-corrected chi connectivity index (χ3v) is 3.49. The molecule has 2 rings (SSSR count). The van der Waals surface area contributed by atoms with Crippen LogP contribution in [0.2, 0.25) is 0 Å². The van der Waals surface area contributed by atoms with Crippen LogP contribution in [-0.4, -0.2) is 4.98 Å². The predicted octanol–water partition coefficient (Wildman–Crippen LogP) is 3.86. The molecule has 0 aliphatic carbocycles. The third-order valence-electron chi connectivity index (χ3n) is 2.06. The fourth-order valence-corrected chi connectivity index (χ4v) is 2.39. The molecule has 15 heavy (non-hydrogen) atoms. The lowest BCUT2D eigenvalue weighted by Gasteiger charge is -2.07. The van der Waals surface area contributed by atoms with Crippen LogP contribution in [0.25, 0.3) is 11.3 Å². The molecule has 2 nitrogen and oxygen atoms in total. The highest BCUT2D eigenvalue weighted by Crippen LogP contribution is 2.34. The van der Waals surface area contributed by atoms with E-state index in [1.165, 1.54) is 0 Å². The van der Waals surface area contributed by atoms with Crippen molar-refractivity contribution in [3.63, 3.8) is 0 Å². The Labute approximate surface area is 105 Å². The molecule has 76 valence electrons. The molecule has 2 N–H and O–H groups in total. The molecule has 0 radical (unpaired) electrons. The number of nitrogens with two attached hydrogens (primary N) is 1. The van der Waals surface area contributed by atoms with Crippen LogP contribution >= 0.6 is 31.9 Å². The number of nitrogens with zero attached hydrogens (tertiary/aromatic N) is 1. The highest BCUT2D eigenvalue weighted by molar-refractivity contribution is 9.11. The molecule has 0 saturated heterocycles. The number of hydrogen-bond acceptors (Lipinski definition) is 2. The lowest BCUT2D eigenvalue weighted by Crippen LogP contribution is -1.93. The summed E-state index contributed by atoms with van der Waals surface area (Å²) in [7, 11) is 0. The molecular weight excluding hydrogens is 320 g/mol. The molecule has 0 atom stereocenters. The van der Waals surface area contributed by atoms with Crippen molar-refractivity contribution in [3.05, 3.63) is 45.5 Å².